The van der Waals surface area contributed by atoms with Crippen LogP contribution in [0.1, 0.15) is 47.9 Å². The molecule has 1 atom stereocenters. The SMILES string of the molecule is CCn1cc(CC(CN)c2ccc3c(c2)CCCC3)c2ccccc21. The third-order valence-electron chi connectivity index (χ3n) is 5.81. The summed E-state index contributed by atoms with van der Waals surface area (Å²) >= 11 is 0. The van der Waals surface area contributed by atoms with Gasteiger partial charge in [0.05, 0.1) is 0 Å². The number of hydrogen-bond donors (Lipinski definition) is 1. The summed E-state index contributed by atoms with van der Waals surface area (Å²) < 4.78 is 2.35. The van der Waals surface area contributed by atoms with Crippen LogP contribution in [0.25, 0.3) is 10.9 Å². The number of nitrogens with two attached hydrogens (primary N) is 1. The Morgan fingerprint density at radius 1 is 1.04 bits per heavy atom. The van der Waals surface area contributed by atoms with Crippen LogP contribution in [0.5, 0.6) is 0 Å². The summed E-state index contributed by atoms with van der Waals surface area (Å²) in [5.74, 6) is 0.392. The highest BCUT2D eigenvalue weighted by Crippen LogP contribution is 2.30. The van der Waals surface area contributed by atoms with Crippen molar-refractivity contribution in [3.8, 4) is 0 Å². The predicted octanol–water partition coefficient (Wildman–Crippen LogP) is 4.83. The van der Waals surface area contributed by atoms with E-state index in [1.807, 2.05) is 0 Å². The highest BCUT2D eigenvalue weighted by molar-refractivity contribution is 5.84. The van der Waals surface area contributed by atoms with E-state index in [0.717, 1.165) is 13.0 Å². The van der Waals surface area contributed by atoms with Crippen LogP contribution >= 0.6 is 0 Å². The first-order valence-corrected chi connectivity index (χ1v) is 9.68. The van der Waals surface area contributed by atoms with E-state index in [1.54, 1.807) is 11.1 Å². The van der Waals surface area contributed by atoms with Crippen molar-refractivity contribution in [1.82, 2.24) is 4.57 Å². The van der Waals surface area contributed by atoms with E-state index in [4.69, 9.17) is 5.73 Å². The highest BCUT2D eigenvalue weighted by Gasteiger charge is 2.17. The number of nitrogens with zero attached hydrogens (tertiary/aromatic N) is 1. The van der Waals surface area contributed by atoms with Crippen molar-refractivity contribution in [2.75, 3.05) is 6.54 Å². The second-order valence-electron chi connectivity index (χ2n) is 7.33. The molecule has 0 saturated carbocycles. The van der Waals surface area contributed by atoms with Gasteiger partial charge in [-0.2, -0.15) is 0 Å². The van der Waals surface area contributed by atoms with Crippen LogP contribution < -0.4 is 5.73 Å². The summed E-state index contributed by atoms with van der Waals surface area (Å²) in [7, 11) is 0. The van der Waals surface area contributed by atoms with Crippen LogP contribution in [0.4, 0.5) is 0 Å². The standard InChI is InChI=1S/C23H28N2/c1-2-25-16-21(22-9-5-6-10-23(22)25)14-20(15-24)19-12-11-17-7-3-4-8-18(17)13-19/h5-6,9-13,16,20H,2-4,7-8,14-15,24H2,1H3. The summed E-state index contributed by atoms with van der Waals surface area (Å²) in [6, 6.07) is 15.8. The fraction of sp³-hybridized carbons (Fsp3) is 0.391. The minimum Gasteiger partial charge on any atom is -0.347 e. The van der Waals surface area contributed by atoms with Crippen molar-refractivity contribution in [3.05, 3.63) is 70.9 Å². The van der Waals surface area contributed by atoms with Gasteiger partial charge in [-0.15, -0.1) is 0 Å². The summed E-state index contributed by atoms with van der Waals surface area (Å²) in [6.07, 6.45) is 8.48. The number of fused-ring (bicyclic) bond motifs is 2. The van der Waals surface area contributed by atoms with Crippen LogP contribution in [-0.4, -0.2) is 11.1 Å². The summed E-state index contributed by atoms with van der Waals surface area (Å²) in [5.41, 5.74) is 13.5. The minimum atomic E-state index is 0.392. The zero-order valence-corrected chi connectivity index (χ0v) is 15.2. The van der Waals surface area contributed by atoms with E-state index < -0.39 is 0 Å². The second kappa shape index (κ2) is 7.05. The van der Waals surface area contributed by atoms with Crippen molar-refractivity contribution < 1.29 is 0 Å². The van der Waals surface area contributed by atoms with Gasteiger partial charge < -0.3 is 10.3 Å². The van der Waals surface area contributed by atoms with Gasteiger partial charge in [0.2, 0.25) is 0 Å². The number of para-hydroxylation sites is 1. The number of benzene rings is 2. The third-order valence-corrected chi connectivity index (χ3v) is 5.81. The van der Waals surface area contributed by atoms with E-state index in [-0.39, 0.29) is 0 Å². The number of aromatic nitrogens is 1. The molecule has 2 aromatic carbocycles. The normalized spacial score (nSPS) is 15.3. The van der Waals surface area contributed by atoms with Crippen molar-refractivity contribution in [2.45, 2.75) is 51.5 Å². The zero-order chi connectivity index (χ0) is 17.2. The summed E-state index contributed by atoms with van der Waals surface area (Å²) in [4.78, 5) is 0. The molecule has 0 amide bonds. The lowest BCUT2D eigenvalue weighted by Crippen LogP contribution is -2.16. The molecule has 0 saturated heterocycles. The molecule has 4 rings (SSSR count). The molecule has 0 spiro atoms. The van der Waals surface area contributed by atoms with Crippen molar-refractivity contribution in [1.29, 1.82) is 0 Å². The summed E-state index contributed by atoms with van der Waals surface area (Å²) in [6.45, 7) is 3.91. The molecule has 3 aromatic rings. The van der Waals surface area contributed by atoms with E-state index in [1.165, 1.54) is 47.7 Å². The van der Waals surface area contributed by atoms with Gasteiger partial charge in [-0.3, -0.25) is 0 Å². The monoisotopic (exact) mass is 332 g/mol. The molecule has 1 aliphatic carbocycles. The Bertz CT molecular complexity index is 875. The fourth-order valence-electron chi connectivity index (χ4n) is 4.36. The first kappa shape index (κ1) is 16.4. The van der Waals surface area contributed by atoms with Gasteiger partial charge in [0, 0.05) is 29.6 Å². The smallest absolute Gasteiger partial charge is 0.0483 e. The van der Waals surface area contributed by atoms with Gasteiger partial charge in [0.1, 0.15) is 0 Å². The van der Waals surface area contributed by atoms with E-state index in [2.05, 4.69) is 60.2 Å². The van der Waals surface area contributed by atoms with Crippen molar-refractivity contribution in [3.63, 3.8) is 0 Å². The number of hydrogen-bond acceptors (Lipinski definition) is 1. The Morgan fingerprint density at radius 3 is 2.64 bits per heavy atom. The molecule has 0 bridgehead atoms. The topological polar surface area (TPSA) is 30.9 Å². The predicted molar refractivity (Wildman–Crippen MR) is 106 cm³/mol. The number of rotatable bonds is 5. The van der Waals surface area contributed by atoms with Gasteiger partial charge in [0.25, 0.3) is 0 Å². The molecule has 1 unspecified atom stereocenters. The molecular weight excluding hydrogens is 304 g/mol. The molecule has 0 fully saturated rings. The lowest BCUT2D eigenvalue weighted by atomic mass is 9.85. The maximum atomic E-state index is 6.21. The molecule has 130 valence electrons. The fourth-order valence-corrected chi connectivity index (χ4v) is 4.36. The van der Waals surface area contributed by atoms with Crippen LogP contribution in [0.2, 0.25) is 0 Å². The molecule has 2 heteroatoms. The molecule has 1 aromatic heterocycles. The Morgan fingerprint density at radius 2 is 1.84 bits per heavy atom. The Balaban J connectivity index is 1.67. The molecule has 25 heavy (non-hydrogen) atoms. The molecular formula is C23H28N2. The minimum absolute atomic E-state index is 0.392. The van der Waals surface area contributed by atoms with Gasteiger partial charge in [0.15, 0.2) is 0 Å². The third kappa shape index (κ3) is 3.11. The Kier molecular flexibility index (Phi) is 4.63. The van der Waals surface area contributed by atoms with Crippen LogP contribution in [0.3, 0.4) is 0 Å². The molecule has 2 N–H and O–H groups in total. The largest absolute Gasteiger partial charge is 0.347 e. The molecule has 2 nitrogen and oxygen atoms in total. The first-order valence-electron chi connectivity index (χ1n) is 9.68. The lowest BCUT2D eigenvalue weighted by Gasteiger charge is -2.20. The quantitative estimate of drug-likeness (QED) is 0.713. The average molecular weight is 332 g/mol. The number of aryl methyl sites for hydroxylation is 3. The zero-order valence-electron chi connectivity index (χ0n) is 15.2. The van der Waals surface area contributed by atoms with Crippen LogP contribution in [0, 0.1) is 0 Å². The van der Waals surface area contributed by atoms with Gasteiger partial charge >= 0.3 is 0 Å². The van der Waals surface area contributed by atoms with E-state index in [0.29, 0.717) is 12.5 Å². The molecule has 1 aliphatic rings. The van der Waals surface area contributed by atoms with Crippen molar-refractivity contribution in [2.24, 2.45) is 5.73 Å². The molecule has 1 heterocycles. The Hall–Kier alpha value is -2.06. The second-order valence-corrected chi connectivity index (χ2v) is 7.33. The first-order chi connectivity index (χ1) is 12.3. The van der Waals surface area contributed by atoms with Gasteiger partial charge in [-0.25, -0.2) is 0 Å². The Labute approximate surface area is 150 Å². The molecule has 0 radical (unpaired) electrons. The van der Waals surface area contributed by atoms with Gasteiger partial charge in [-0.1, -0.05) is 36.4 Å². The lowest BCUT2D eigenvalue weighted by molar-refractivity contribution is 0.668. The average Bonchev–Trinajstić information content (AvgIpc) is 3.03. The summed E-state index contributed by atoms with van der Waals surface area (Å²) in [5, 5.41) is 1.38. The van der Waals surface area contributed by atoms with E-state index >= 15 is 0 Å². The maximum absolute atomic E-state index is 6.21. The highest BCUT2D eigenvalue weighted by atomic mass is 14.9. The van der Waals surface area contributed by atoms with E-state index in [9.17, 15) is 0 Å². The van der Waals surface area contributed by atoms with Crippen LogP contribution in [0.15, 0.2) is 48.7 Å². The van der Waals surface area contributed by atoms with Crippen LogP contribution in [-0.2, 0) is 25.8 Å². The molecule has 0 aliphatic heterocycles. The maximum Gasteiger partial charge on any atom is 0.0483 e. The van der Waals surface area contributed by atoms with Crippen molar-refractivity contribution >= 4 is 10.9 Å². The van der Waals surface area contributed by atoms with Gasteiger partial charge in [-0.05, 0) is 73.9 Å².